The van der Waals surface area contributed by atoms with E-state index in [1.165, 1.54) is 196 Å². The van der Waals surface area contributed by atoms with E-state index in [1.807, 2.05) is 116 Å². The van der Waals surface area contributed by atoms with Gasteiger partial charge in [0, 0.05) is 171 Å². The molecule has 0 aliphatic carbocycles. The Morgan fingerprint density at radius 2 is 0.265 bits per heavy atom. The van der Waals surface area contributed by atoms with E-state index in [-0.39, 0.29) is 0 Å². The SMILES string of the molecule is c1ccc2c(c1)c1cc(-c3nccs3)ccc1c1ccc(-c3nccs3)cc21.c1csc(-c2ccc3c(ccc4c5ccc(-c6nccs6)cc5ccc34)c2)n1.c1csc(-c2ccc3c(ccc4cc(-c5nccs5)ccc43)c2)n1.c1csc(-c2ccc3cc4cc(-c5nccs5)ccc4cc3c2)n1.c1csc(-c2ccc3cc4cc5cc(-c6nccs6)ccc5cc4cc3c2)n1. The number of aromatic nitrogens is 10. The molecule has 28 rings (SSSR count). The molecule has 132 heavy (non-hydrogen) atoms. The Morgan fingerprint density at radius 3 is 0.492 bits per heavy atom. The summed E-state index contributed by atoms with van der Waals surface area (Å²) in [5.74, 6) is 0. The van der Waals surface area contributed by atoms with Gasteiger partial charge in [0.15, 0.2) is 0 Å². The van der Waals surface area contributed by atoms with Gasteiger partial charge in [-0.2, -0.15) is 0 Å². The summed E-state index contributed by atoms with van der Waals surface area (Å²) in [5, 5.41) is 63.7. The molecular formula is C112H66N10S10. The Kier molecular flexibility index (Phi) is 21.8. The van der Waals surface area contributed by atoms with Crippen LogP contribution in [0.25, 0.3) is 246 Å². The van der Waals surface area contributed by atoms with Gasteiger partial charge in [0.1, 0.15) is 50.1 Å². The molecule has 28 aromatic rings. The van der Waals surface area contributed by atoms with Crippen LogP contribution in [0.3, 0.4) is 0 Å². The highest BCUT2D eigenvalue weighted by atomic mass is 32.1. The van der Waals surface area contributed by atoms with E-state index in [2.05, 4.69) is 329 Å². The summed E-state index contributed by atoms with van der Waals surface area (Å²) in [6, 6.07) is 102. The first-order chi connectivity index (χ1) is 65.3. The molecule has 0 saturated heterocycles. The minimum atomic E-state index is 1.06. The number of fused-ring (bicyclic) bond motifs is 19. The van der Waals surface area contributed by atoms with Gasteiger partial charge in [0.25, 0.3) is 0 Å². The summed E-state index contributed by atoms with van der Waals surface area (Å²) in [5.41, 5.74) is 11.8. The Hall–Kier alpha value is -14.4. The molecule has 0 atom stereocenters. The lowest BCUT2D eigenvalue weighted by Gasteiger charge is -2.12. The van der Waals surface area contributed by atoms with Crippen LogP contribution in [-0.4, -0.2) is 49.8 Å². The Morgan fingerprint density at radius 1 is 0.114 bits per heavy atom. The molecule has 20 heteroatoms. The minimum absolute atomic E-state index is 1.06. The van der Waals surface area contributed by atoms with Crippen molar-refractivity contribution >= 4 is 253 Å². The van der Waals surface area contributed by atoms with Gasteiger partial charge in [-0.1, -0.05) is 182 Å². The Balaban J connectivity index is 0.0000000912. The molecule has 0 fully saturated rings. The van der Waals surface area contributed by atoms with Gasteiger partial charge >= 0.3 is 0 Å². The predicted molar refractivity (Wildman–Crippen MR) is 571 cm³/mol. The highest BCUT2D eigenvalue weighted by molar-refractivity contribution is 7.15. The van der Waals surface area contributed by atoms with Crippen LogP contribution in [0.4, 0.5) is 0 Å². The van der Waals surface area contributed by atoms with Gasteiger partial charge in [0.05, 0.1) is 0 Å². The molecule has 10 nitrogen and oxygen atoms in total. The lowest BCUT2D eigenvalue weighted by atomic mass is 9.92. The first-order valence-electron chi connectivity index (χ1n) is 42.5. The van der Waals surface area contributed by atoms with E-state index < -0.39 is 0 Å². The van der Waals surface area contributed by atoms with Gasteiger partial charge in [-0.15, -0.1) is 113 Å². The quantitative estimate of drug-likeness (QED) is 0.0964. The number of thiazole rings is 10. The van der Waals surface area contributed by atoms with Gasteiger partial charge < -0.3 is 0 Å². The predicted octanol–water partition coefficient (Wildman–Crippen LogP) is 34.7. The summed E-state index contributed by atoms with van der Waals surface area (Å²) in [6.45, 7) is 0. The van der Waals surface area contributed by atoms with Crippen molar-refractivity contribution in [2.24, 2.45) is 0 Å². The van der Waals surface area contributed by atoms with Crippen molar-refractivity contribution in [1.29, 1.82) is 0 Å². The first kappa shape index (κ1) is 80.9. The highest BCUT2D eigenvalue weighted by Gasteiger charge is 2.18. The van der Waals surface area contributed by atoms with Crippen LogP contribution >= 0.6 is 113 Å². The highest BCUT2D eigenvalue weighted by Crippen LogP contribution is 2.44. The zero-order valence-corrected chi connectivity index (χ0v) is 77.8. The summed E-state index contributed by atoms with van der Waals surface area (Å²) in [7, 11) is 0. The molecule has 10 aromatic heterocycles. The minimum Gasteiger partial charge on any atom is -0.245 e. The van der Waals surface area contributed by atoms with E-state index in [0.717, 1.165) is 50.1 Å². The molecule has 18 aromatic carbocycles. The standard InChI is InChI=1S/3C24H14N2S2.2C20H12N2S2/c1-7-21-20-6-4-18(24-26-10-12-28-24)14-16(20)2-8-22(21)19-5-3-17(13-15(1)19)23-25-9-11-27-23;1-3-17(23-25-5-7-27-23)11-19-13-22-10-16-2-4-18(24-26-6-8-28-24)12-20(16)14-21(22)9-15(1)19;1-2-4-18-17(3-1)21-13-15(23-25-9-11-27-23)5-7-19(21)20-8-6-16(14-22(18)20)24-26-10-12-28-24;1-3-15(19-21-5-7-23-19)11-17-10-14-2-4-16(20-22-6-8-24-20)12-18(14)9-13(1)17;1-2-14-12-16(20-22-8-10-24-20)4-6-18(14)17-5-3-15(11-13(1)17)19-21-7-9-23-19/h3*1-14H;2*1-12H. The summed E-state index contributed by atoms with van der Waals surface area (Å²) in [4.78, 5) is 44.4. The average Bonchev–Trinajstić information content (AvgIpc) is 1.45. The fourth-order valence-electron chi connectivity index (χ4n) is 17.7. The number of nitrogens with zero attached hydrogens (tertiary/aromatic N) is 10. The van der Waals surface area contributed by atoms with E-state index in [9.17, 15) is 0 Å². The van der Waals surface area contributed by atoms with Crippen molar-refractivity contribution in [3.8, 4) is 106 Å². The van der Waals surface area contributed by atoms with Crippen LogP contribution in [-0.2, 0) is 0 Å². The van der Waals surface area contributed by atoms with Crippen LogP contribution in [0.2, 0.25) is 0 Å². The number of hydrogen-bond acceptors (Lipinski definition) is 20. The second-order valence-electron chi connectivity index (χ2n) is 31.6. The molecule has 0 N–H and O–H groups in total. The van der Waals surface area contributed by atoms with Crippen molar-refractivity contribution in [2.75, 3.05) is 0 Å². The van der Waals surface area contributed by atoms with Crippen LogP contribution in [0.5, 0.6) is 0 Å². The van der Waals surface area contributed by atoms with E-state index in [0.29, 0.717) is 0 Å². The van der Waals surface area contributed by atoms with Crippen molar-refractivity contribution in [3.05, 3.63) is 395 Å². The van der Waals surface area contributed by atoms with Crippen LogP contribution in [0.15, 0.2) is 395 Å². The molecule has 0 aliphatic heterocycles. The largest absolute Gasteiger partial charge is 0.245 e. The molecule has 0 radical (unpaired) electrons. The second-order valence-corrected chi connectivity index (χ2v) is 40.6. The molecule has 0 unspecified atom stereocenters. The fourth-order valence-corrected chi connectivity index (χ4v) is 24.0. The summed E-state index contributed by atoms with van der Waals surface area (Å²) >= 11 is 16.7. The smallest absolute Gasteiger partial charge is 0.123 e. The summed E-state index contributed by atoms with van der Waals surface area (Å²) < 4.78 is 0. The maximum atomic E-state index is 4.49. The van der Waals surface area contributed by atoms with E-state index in [4.69, 9.17) is 0 Å². The fraction of sp³-hybridized carbons (Fsp3) is 0. The van der Waals surface area contributed by atoms with Crippen LogP contribution < -0.4 is 0 Å². The third-order valence-electron chi connectivity index (χ3n) is 23.8. The Bertz CT molecular complexity index is 8370. The first-order valence-corrected chi connectivity index (χ1v) is 51.3. The lowest BCUT2D eigenvalue weighted by molar-refractivity contribution is 1.42. The van der Waals surface area contributed by atoms with Crippen molar-refractivity contribution in [3.63, 3.8) is 0 Å². The topological polar surface area (TPSA) is 129 Å². The molecule has 0 saturated carbocycles. The van der Waals surface area contributed by atoms with Crippen molar-refractivity contribution < 1.29 is 0 Å². The maximum absolute atomic E-state index is 4.49. The van der Waals surface area contributed by atoms with Gasteiger partial charge in [0.2, 0.25) is 0 Å². The number of rotatable bonds is 10. The van der Waals surface area contributed by atoms with Crippen molar-refractivity contribution in [1.82, 2.24) is 49.8 Å². The van der Waals surface area contributed by atoms with Gasteiger partial charge in [-0.3, -0.25) is 0 Å². The molecule has 0 amide bonds. The number of benzene rings is 18. The number of hydrogen-bond donors (Lipinski definition) is 0. The monoisotopic (exact) mass is 1870 g/mol. The van der Waals surface area contributed by atoms with Crippen LogP contribution in [0.1, 0.15) is 0 Å². The second kappa shape index (κ2) is 35.5. The summed E-state index contributed by atoms with van der Waals surface area (Å²) in [6.07, 6.45) is 18.6. The third kappa shape index (κ3) is 16.1. The lowest BCUT2D eigenvalue weighted by Crippen LogP contribution is -1.86. The molecule has 0 aliphatic rings. The third-order valence-corrected chi connectivity index (χ3v) is 32.1. The normalized spacial score (nSPS) is 11.5. The van der Waals surface area contributed by atoms with Crippen LogP contribution in [0, 0.1) is 0 Å². The Labute approximate surface area is 796 Å². The molecular weight excluding hydrogens is 1810 g/mol. The van der Waals surface area contributed by atoms with Gasteiger partial charge in [-0.25, -0.2) is 49.8 Å². The maximum Gasteiger partial charge on any atom is 0.123 e. The molecule has 624 valence electrons. The van der Waals surface area contributed by atoms with E-state index in [1.54, 1.807) is 113 Å². The van der Waals surface area contributed by atoms with Gasteiger partial charge in [-0.05, 0) is 237 Å². The van der Waals surface area contributed by atoms with E-state index >= 15 is 0 Å². The molecule has 10 heterocycles. The average molecular weight is 1870 g/mol. The molecule has 0 spiro atoms. The zero-order valence-electron chi connectivity index (χ0n) is 69.7. The molecule has 0 bridgehead atoms. The zero-order chi connectivity index (χ0) is 87.4. The van der Waals surface area contributed by atoms with Crippen molar-refractivity contribution in [2.45, 2.75) is 0 Å².